The van der Waals surface area contributed by atoms with E-state index in [-0.39, 0.29) is 0 Å². The highest BCUT2D eigenvalue weighted by Crippen LogP contribution is 2.24. The second-order valence-corrected chi connectivity index (χ2v) is 7.17. The number of morpholine rings is 1. The second-order valence-electron chi connectivity index (χ2n) is 7.17. The van der Waals surface area contributed by atoms with Crippen molar-refractivity contribution in [2.75, 3.05) is 32.8 Å². The highest BCUT2D eigenvalue weighted by molar-refractivity contribution is 5.82. The zero-order valence-corrected chi connectivity index (χ0v) is 16.1. The lowest BCUT2D eigenvalue weighted by atomic mass is 10.2. The fourth-order valence-corrected chi connectivity index (χ4v) is 3.87. The molecular weight excluding hydrogens is 338 g/mol. The Balaban J connectivity index is 1.62. The minimum Gasteiger partial charge on any atom is -0.379 e. The van der Waals surface area contributed by atoms with Gasteiger partial charge in [0.25, 0.3) is 0 Å². The van der Waals surface area contributed by atoms with Gasteiger partial charge in [0.05, 0.1) is 24.9 Å². The average Bonchev–Trinajstić information content (AvgIpc) is 2.96. The van der Waals surface area contributed by atoms with Gasteiger partial charge in [0.15, 0.2) is 0 Å². The largest absolute Gasteiger partial charge is 0.379 e. The summed E-state index contributed by atoms with van der Waals surface area (Å²) in [5.41, 5.74) is 4.78. The average molecular weight is 365 g/mol. The number of rotatable bonds is 5. The normalized spacial score (nSPS) is 15.5. The van der Waals surface area contributed by atoms with Gasteiger partial charge in [-0.05, 0) is 38.0 Å². The highest BCUT2D eigenvalue weighted by Gasteiger charge is 2.16. The summed E-state index contributed by atoms with van der Waals surface area (Å²) in [6.45, 7) is 9.72. The Morgan fingerprint density at radius 1 is 1.07 bits per heavy atom. The third-order valence-electron chi connectivity index (χ3n) is 5.52. The van der Waals surface area contributed by atoms with E-state index in [1.807, 2.05) is 29.1 Å². The van der Waals surface area contributed by atoms with Crippen molar-refractivity contribution in [3.8, 4) is 5.69 Å². The molecule has 1 aliphatic rings. The van der Waals surface area contributed by atoms with Crippen LogP contribution in [0.25, 0.3) is 16.7 Å². The first-order valence-electron chi connectivity index (χ1n) is 9.64. The number of nitrogens with one attached hydrogen (secondary N) is 1. The summed E-state index contributed by atoms with van der Waals surface area (Å²) < 4.78 is 9.54. The van der Waals surface area contributed by atoms with Gasteiger partial charge in [-0.2, -0.15) is 0 Å². The molecule has 3 aromatic rings. The van der Waals surface area contributed by atoms with E-state index in [0.717, 1.165) is 73.8 Å². The molecule has 0 amide bonds. The van der Waals surface area contributed by atoms with Gasteiger partial charge in [0, 0.05) is 37.6 Å². The summed E-state index contributed by atoms with van der Waals surface area (Å²) in [5, 5.41) is 9.70. The second kappa shape index (κ2) is 7.66. The van der Waals surface area contributed by atoms with Crippen molar-refractivity contribution in [3.05, 3.63) is 53.4 Å². The van der Waals surface area contributed by atoms with Crippen LogP contribution in [0.5, 0.6) is 0 Å². The number of nitrogens with zero attached hydrogens (tertiary/aromatic N) is 4. The number of para-hydroxylation sites is 1. The van der Waals surface area contributed by atoms with Crippen LogP contribution in [0.15, 0.2) is 36.7 Å². The van der Waals surface area contributed by atoms with Crippen LogP contribution in [0.3, 0.4) is 0 Å². The van der Waals surface area contributed by atoms with Crippen LogP contribution in [0.2, 0.25) is 0 Å². The molecule has 6 nitrogen and oxygen atoms in total. The maximum atomic E-state index is 8.75. The van der Waals surface area contributed by atoms with Crippen LogP contribution in [-0.2, 0) is 11.3 Å². The van der Waals surface area contributed by atoms with Crippen molar-refractivity contribution in [1.29, 1.82) is 5.41 Å². The van der Waals surface area contributed by atoms with Gasteiger partial charge in [-0.15, -0.1) is 0 Å². The van der Waals surface area contributed by atoms with Gasteiger partial charge in [-0.25, -0.2) is 4.98 Å². The molecule has 0 atom stereocenters. The summed E-state index contributed by atoms with van der Waals surface area (Å²) >= 11 is 0. The molecule has 0 bridgehead atoms. The first-order valence-corrected chi connectivity index (χ1v) is 9.64. The molecule has 0 aliphatic carbocycles. The summed E-state index contributed by atoms with van der Waals surface area (Å²) in [6.07, 6.45) is 2.84. The van der Waals surface area contributed by atoms with Gasteiger partial charge >= 0.3 is 0 Å². The van der Waals surface area contributed by atoms with Crippen LogP contribution in [0.1, 0.15) is 17.7 Å². The number of benzene rings is 1. The standard InChI is InChI=1S/C21H27N5O/c1-16-17(2)26(18-7-4-3-5-8-18)21-19(16)20(22)25(15-23-21)10-6-9-24-11-13-27-14-12-24/h3-5,7-8,15,22H,6,9-14H2,1-2H3. The molecule has 1 N–H and O–H groups in total. The van der Waals surface area contributed by atoms with Gasteiger partial charge in [-0.3, -0.25) is 14.9 Å². The molecule has 6 heteroatoms. The fourth-order valence-electron chi connectivity index (χ4n) is 3.87. The minimum absolute atomic E-state index is 0.553. The molecule has 3 heterocycles. The Bertz CT molecular complexity index is 983. The van der Waals surface area contributed by atoms with Crippen LogP contribution in [-0.4, -0.2) is 51.9 Å². The van der Waals surface area contributed by atoms with Crippen molar-refractivity contribution in [1.82, 2.24) is 19.0 Å². The van der Waals surface area contributed by atoms with Crippen molar-refractivity contribution in [2.45, 2.75) is 26.8 Å². The number of fused-ring (bicyclic) bond motifs is 1. The van der Waals surface area contributed by atoms with E-state index in [2.05, 4.69) is 35.4 Å². The Morgan fingerprint density at radius 3 is 2.56 bits per heavy atom. The van der Waals surface area contributed by atoms with E-state index in [1.54, 1.807) is 0 Å². The molecule has 27 heavy (non-hydrogen) atoms. The van der Waals surface area contributed by atoms with E-state index in [9.17, 15) is 0 Å². The summed E-state index contributed by atoms with van der Waals surface area (Å²) in [4.78, 5) is 7.17. The van der Waals surface area contributed by atoms with E-state index >= 15 is 0 Å². The molecular formula is C21H27N5O. The summed E-state index contributed by atoms with van der Waals surface area (Å²) in [7, 11) is 0. The third-order valence-corrected chi connectivity index (χ3v) is 5.52. The summed E-state index contributed by atoms with van der Waals surface area (Å²) in [5.74, 6) is 0. The predicted molar refractivity (Wildman–Crippen MR) is 106 cm³/mol. The molecule has 0 unspecified atom stereocenters. The first-order chi connectivity index (χ1) is 13.2. The SMILES string of the molecule is Cc1c(C)n(-c2ccccc2)c2ncn(CCCN3CCOCC3)c(=N)c12. The van der Waals surface area contributed by atoms with Crippen LogP contribution in [0, 0.1) is 19.3 Å². The van der Waals surface area contributed by atoms with Crippen molar-refractivity contribution < 1.29 is 4.74 Å². The smallest absolute Gasteiger partial charge is 0.150 e. The molecule has 142 valence electrons. The van der Waals surface area contributed by atoms with Gasteiger partial charge in [0.1, 0.15) is 11.1 Å². The fraction of sp³-hybridized carbons (Fsp3) is 0.429. The molecule has 1 aromatic carbocycles. The topological polar surface area (TPSA) is 59.1 Å². The Morgan fingerprint density at radius 2 is 1.81 bits per heavy atom. The number of aryl methyl sites for hydroxylation is 2. The molecule has 4 rings (SSSR count). The Hall–Kier alpha value is -2.44. The van der Waals surface area contributed by atoms with Gasteiger partial charge < -0.3 is 9.30 Å². The number of aromatic nitrogens is 3. The van der Waals surface area contributed by atoms with Crippen LogP contribution >= 0.6 is 0 Å². The molecule has 0 radical (unpaired) electrons. The Kier molecular flexibility index (Phi) is 5.09. The van der Waals surface area contributed by atoms with E-state index in [0.29, 0.717) is 5.49 Å². The van der Waals surface area contributed by atoms with Gasteiger partial charge in [-0.1, -0.05) is 18.2 Å². The zero-order valence-electron chi connectivity index (χ0n) is 16.1. The number of hydrogen-bond acceptors (Lipinski definition) is 4. The molecule has 2 aromatic heterocycles. The molecule has 0 spiro atoms. The lowest BCUT2D eigenvalue weighted by molar-refractivity contribution is 0.0369. The van der Waals surface area contributed by atoms with Crippen LogP contribution in [0.4, 0.5) is 0 Å². The maximum absolute atomic E-state index is 8.75. The predicted octanol–water partition coefficient (Wildman–Crippen LogP) is 2.65. The van der Waals surface area contributed by atoms with E-state index < -0.39 is 0 Å². The lowest BCUT2D eigenvalue weighted by Gasteiger charge is -2.26. The van der Waals surface area contributed by atoms with E-state index in [1.165, 1.54) is 0 Å². The maximum Gasteiger partial charge on any atom is 0.150 e. The first kappa shape index (κ1) is 17.9. The Labute approximate surface area is 159 Å². The highest BCUT2D eigenvalue weighted by atomic mass is 16.5. The quantitative estimate of drug-likeness (QED) is 0.756. The molecule has 1 fully saturated rings. The van der Waals surface area contributed by atoms with Crippen LogP contribution < -0.4 is 5.49 Å². The lowest BCUT2D eigenvalue weighted by Crippen LogP contribution is -2.37. The molecule has 0 saturated carbocycles. The molecule has 1 saturated heterocycles. The minimum atomic E-state index is 0.553. The summed E-state index contributed by atoms with van der Waals surface area (Å²) in [6, 6.07) is 10.3. The van der Waals surface area contributed by atoms with Crippen molar-refractivity contribution in [3.63, 3.8) is 0 Å². The zero-order chi connectivity index (χ0) is 18.8. The third kappa shape index (κ3) is 3.42. The molecule has 1 aliphatic heterocycles. The van der Waals surface area contributed by atoms with Crippen molar-refractivity contribution in [2.24, 2.45) is 0 Å². The monoisotopic (exact) mass is 365 g/mol. The van der Waals surface area contributed by atoms with Crippen molar-refractivity contribution >= 4 is 11.0 Å². The number of hydrogen-bond donors (Lipinski definition) is 1. The van der Waals surface area contributed by atoms with E-state index in [4.69, 9.17) is 15.1 Å². The van der Waals surface area contributed by atoms with Gasteiger partial charge in [0.2, 0.25) is 0 Å². The number of ether oxygens (including phenoxy) is 1.